The molecule has 0 radical (unpaired) electrons. The Hall–Kier alpha value is -3.71. The number of aromatic nitrogens is 3. The second kappa shape index (κ2) is 9.20. The summed E-state index contributed by atoms with van der Waals surface area (Å²) in [5, 5.41) is 4.16. The lowest BCUT2D eigenvalue weighted by Gasteiger charge is -2.27. The molecule has 1 aliphatic heterocycles. The first-order chi connectivity index (χ1) is 15.8. The van der Waals surface area contributed by atoms with E-state index in [-0.39, 0.29) is 0 Å². The molecular formula is C25H24N4O3. The maximum atomic E-state index is 6.10. The molecule has 5 rings (SSSR count). The van der Waals surface area contributed by atoms with Gasteiger partial charge in [-0.25, -0.2) is 4.98 Å². The summed E-state index contributed by atoms with van der Waals surface area (Å²) < 4.78 is 17.1. The van der Waals surface area contributed by atoms with Gasteiger partial charge >= 0.3 is 0 Å². The van der Waals surface area contributed by atoms with Gasteiger partial charge < -0.3 is 18.9 Å². The minimum absolute atomic E-state index is 0.414. The Balaban J connectivity index is 1.34. The highest BCUT2D eigenvalue weighted by atomic mass is 16.5. The molecular weight excluding hydrogens is 404 g/mol. The second-order valence-electron chi connectivity index (χ2n) is 7.64. The van der Waals surface area contributed by atoms with Crippen molar-refractivity contribution >= 4 is 5.82 Å². The Morgan fingerprint density at radius 3 is 2.59 bits per heavy atom. The van der Waals surface area contributed by atoms with Crippen LogP contribution in [0.15, 0.2) is 71.4 Å². The van der Waals surface area contributed by atoms with E-state index < -0.39 is 0 Å². The van der Waals surface area contributed by atoms with Crippen LogP contribution in [0.2, 0.25) is 0 Å². The highest BCUT2D eigenvalue weighted by Gasteiger charge is 2.17. The van der Waals surface area contributed by atoms with Crippen LogP contribution < -0.4 is 9.64 Å². The number of aryl methyl sites for hydroxylation is 1. The molecule has 2 aromatic carbocycles. The van der Waals surface area contributed by atoms with Crippen molar-refractivity contribution in [3.8, 4) is 28.6 Å². The maximum absolute atomic E-state index is 6.10. The normalized spacial score (nSPS) is 13.8. The van der Waals surface area contributed by atoms with E-state index in [0.717, 1.165) is 48.8 Å². The number of anilines is 1. The van der Waals surface area contributed by atoms with Crippen LogP contribution in [-0.4, -0.2) is 41.4 Å². The summed E-state index contributed by atoms with van der Waals surface area (Å²) in [7, 11) is 0. The van der Waals surface area contributed by atoms with Gasteiger partial charge in [0.1, 0.15) is 18.2 Å². The van der Waals surface area contributed by atoms with Crippen molar-refractivity contribution in [2.24, 2.45) is 0 Å². The highest BCUT2D eigenvalue weighted by Crippen LogP contribution is 2.31. The van der Waals surface area contributed by atoms with Gasteiger partial charge in [0.15, 0.2) is 0 Å². The van der Waals surface area contributed by atoms with E-state index in [2.05, 4.69) is 39.1 Å². The van der Waals surface area contributed by atoms with E-state index in [1.54, 1.807) is 6.20 Å². The lowest BCUT2D eigenvalue weighted by Crippen LogP contribution is -2.36. The molecule has 2 aromatic heterocycles. The average Bonchev–Trinajstić information content (AvgIpc) is 3.35. The smallest absolute Gasteiger partial charge is 0.262 e. The summed E-state index contributed by atoms with van der Waals surface area (Å²) in [6, 6.07) is 19.8. The van der Waals surface area contributed by atoms with E-state index in [4.69, 9.17) is 14.0 Å². The van der Waals surface area contributed by atoms with Crippen LogP contribution in [0.1, 0.15) is 11.1 Å². The molecule has 0 amide bonds. The van der Waals surface area contributed by atoms with Crippen LogP contribution in [0.25, 0.3) is 22.8 Å². The molecule has 3 heterocycles. The number of hydrogen-bond donors (Lipinski definition) is 0. The van der Waals surface area contributed by atoms with Crippen LogP contribution in [-0.2, 0) is 11.3 Å². The highest BCUT2D eigenvalue weighted by molar-refractivity contribution is 5.65. The quantitative estimate of drug-likeness (QED) is 0.447. The number of rotatable bonds is 6. The van der Waals surface area contributed by atoms with Gasteiger partial charge in [-0.3, -0.25) is 0 Å². The molecule has 0 atom stereocenters. The zero-order chi connectivity index (χ0) is 21.8. The van der Waals surface area contributed by atoms with Crippen LogP contribution in [0.4, 0.5) is 5.82 Å². The number of para-hydroxylation sites is 1. The van der Waals surface area contributed by atoms with E-state index in [1.807, 2.05) is 48.5 Å². The topological polar surface area (TPSA) is 73.5 Å². The Morgan fingerprint density at radius 1 is 0.969 bits per heavy atom. The number of pyridine rings is 1. The number of morpholine rings is 1. The van der Waals surface area contributed by atoms with E-state index >= 15 is 0 Å². The van der Waals surface area contributed by atoms with Gasteiger partial charge in [-0.1, -0.05) is 41.6 Å². The van der Waals surface area contributed by atoms with E-state index in [9.17, 15) is 0 Å². The molecule has 0 N–H and O–H groups in total. The van der Waals surface area contributed by atoms with Crippen molar-refractivity contribution in [1.82, 2.24) is 15.1 Å². The largest absolute Gasteiger partial charge is 0.488 e. The standard InChI is InChI=1S/C25H24N4O3/c1-18-6-2-3-7-20(18)17-31-22-9-5-4-8-21(22)25-27-24(28-32-25)19-10-11-23(26-16-19)29-12-14-30-15-13-29/h2-11,16H,12-15,17H2,1H3. The molecule has 1 saturated heterocycles. The molecule has 32 heavy (non-hydrogen) atoms. The number of benzene rings is 2. The third-order valence-corrected chi connectivity index (χ3v) is 5.53. The molecule has 1 fully saturated rings. The van der Waals surface area contributed by atoms with Crippen LogP contribution in [0.5, 0.6) is 5.75 Å². The molecule has 162 valence electrons. The fourth-order valence-corrected chi connectivity index (χ4v) is 3.64. The second-order valence-corrected chi connectivity index (χ2v) is 7.64. The summed E-state index contributed by atoms with van der Waals surface area (Å²) in [6.45, 7) is 5.69. The van der Waals surface area contributed by atoms with Crippen molar-refractivity contribution in [1.29, 1.82) is 0 Å². The number of nitrogens with zero attached hydrogens (tertiary/aromatic N) is 4. The van der Waals surface area contributed by atoms with Crippen LogP contribution in [0, 0.1) is 6.92 Å². The SMILES string of the molecule is Cc1ccccc1COc1ccccc1-c1nc(-c2ccc(N3CCOCC3)nc2)no1. The minimum Gasteiger partial charge on any atom is -0.488 e. The summed E-state index contributed by atoms with van der Waals surface area (Å²) >= 11 is 0. The molecule has 0 unspecified atom stereocenters. The van der Waals surface area contributed by atoms with Gasteiger partial charge in [-0.15, -0.1) is 0 Å². The van der Waals surface area contributed by atoms with Crippen molar-refractivity contribution in [3.63, 3.8) is 0 Å². The van der Waals surface area contributed by atoms with Crippen molar-refractivity contribution in [3.05, 3.63) is 78.0 Å². The molecule has 0 aliphatic carbocycles. The molecule has 0 saturated carbocycles. The third kappa shape index (κ3) is 4.33. The summed E-state index contributed by atoms with van der Waals surface area (Å²) in [5.41, 5.74) is 3.89. The molecule has 7 nitrogen and oxygen atoms in total. The number of hydrogen-bond acceptors (Lipinski definition) is 7. The first kappa shape index (κ1) is 20.2. The van der Waals surface area contributed by atoms with E-state index in [1.165, 1.54) is 5.56 Å². The first-order valence-electron chi connectivity index (χ1n) is 10.7. The molecule has 0 bridgehead atoms. The van der Waals surface area contributed by atoms with Gasteiger partial charge in [0.05, 0.1) is 18.8 Å². The van der Waals surface area contributed by atoms with Crippen LogP contribution >= 0.6 is 0 Å². The Labute approximate surface area is 186 Å². The molecule has 1 aliphatic rings. The average molecular weight is 428 g/mol. The van der Waals surface area contributed by atoms with Gasteiger partial charge in [-0.05, 0) is 42.3 Å². The lowest BCUT2D eigenvalue weighted by molar-refractivity contribution is 0.122. The zero-order valence-electron chi connectivity index (χ0n) is 17.9. The Morgan fingerprint density at radius 2 is 1.78 bits per heavy atom. The van der Waals surface area contributed by atoms with Gasteiger partial charge in [0.2, 0.25) is 5.82 Å². The van der Waals surface area contributed by atoms with E-state index in [0.29, 0.717) is 24.1 Å². The predicted octanol–water partition coefficient (Wildman–Crippen LogP) is 4.52. The van der Waals surface area contributed by atoms with Gasteiger partial charge in [-0.2, -0.15) is 4.98 Å². The fourth-order valence-electron chi connectivity index (χ4n) is 3.64. The Kier molecular flexibility index (Phi) is 5.81. The minimum atomic E-state index is 0.414. The third-order valence-electron chi connectivity index (χ3n) is 5.53. The molecule has 0 spiro atoms. The fraction of sp³-hybridized carbons (Fsp3) is 0.240. The Bertz CT molecular complexity index is 1180. The number of ether oxygens (including phenoxy) is 2. The predicted molar refractivity (Wildman–Crippen MR) is 122 cm³/mol. The van der Waals surface area contributed by atoms with Crippen molar-refractivity contribution < 1.29 is 14.0 Å². The van der Waals surface area contributed by atoms with Crippen LogP contribution in [0.3, 0.4) is 0 Å². The van der Waals surface area contributed by atoms with Gasteiger partial charge in [0.25, 0.3) is 5.89 Å². The monoisotopic (exact) mass is 428 g/mol. The summed E-state index contributed by atoms with van der Waals surface area (Å²) in [4.78, 5) is 11.4. The summed E-state index contributed by atoms with van der Waals surface area (Å²) in [5.74, 6) is 2.54. The zero-order valence-corrected chi connectivity index (χ0v) is 17.9. The maximum Gasteiger partial charge on any atom is 0.262 e. The molecule has 4 aromatic rings. The first-order valence-corrected chi connectivity index (χ1v) is 10.7. The van der Waals surface area contributed by atoms with Crippen molar-refractivity contribution in [2.75, 3.05) is 31.2 Å². The van der Waals surface area contributed by atoms with Crippen molar-refractivity contribution in [2.45, 2.75) is 13.5 Å². The van der Waals surface area contributed by atoms with Gasteiger partial charge in [0, 0.05) is 24.8 Å². The lowest BCUT2D eigenvalue weighted by atomic mass is 10.1. The molecule has 7 heteroatoms. The summed E-state index contributed by atoms with van der Waals surface area (Å²) in [6.07, 6.45) is 1.78.